The molecule has 0 amide bonds. The van der Waals surface area contributed by atoms with Crippen LogP contribution in [-0.4, -0.2) is 4.57 Å². The summed E-state index contributed by atoms with van der Waals surface area (Å²) in [5, 5.41) is 42.5. The van der Waals surface area contributed by atoms with Gasteiger partial charge in [0.25, 0.3) is 0 Å². The molecule has 45 heavy (non-hydrogen) atoms. The Bertz CT molecular complexity index is 2400. The van der Waals surface area contributed by atoms with Gasteiger partial charge < -0.3 is 4.57 Å². The highest BCUT2D eigenvalue weighted by Gasteiger charge is 2.25. The highest BCUT2D eigenvalue weighted by molar-refractivity contribution is 6.22. The first kappa shape index (κ1) is 26.9. The molecular formula is C40H21N5. The van der Waals surface area contributed by atoms with Gasteiger partial charge in [-0.3, -0.25) is 0 Å². The van der Waals surface area contributed by atoms with Gasteiger partial charge in [-0.15, -0.1) is 0 Å². The maximum Gasteiger partial charge on any atom is 0.0998 e. The minimum Gasteiger partial charge on any atom is -0.309 e. The van der Waals surface area contributed by atoms with Gasteiger partial charge in [0.1, 0.15) is 0 Å². The second-order valence-electron chi connectivity index (χ2n) is 10.6. The first-order valence-corrected chi connectivity index (χ1v) is 14.3. The van der Waals surface area contributed by atoms with Crippen LogP contribution in [0.5, 0.6) is 0 Å². The molecule has 0 aliphatic carbocycles. The summed E-state index contributed by atoms with van der Waals surface area (Å²) >= 11 is 0. The Morgan fingerprint density at radius 1 is 0.400 bits per heavy atom. The minimum atomic E-state index is 0.383. The summed E-state index contributed by atoms with van der Waals surface area (Å²) in [4.78, 5) is 0. The molecule has 0 bridgehead atoms. The lowest BCUT2D eigenvalue weighted by molar-refractivity contribution is 1.18. The largest absolute Gasteiger partial charge is 0.309 e. The summed E-state index contributed by atoms with van der Waals surface area (Å²) in [6.45, 7) is 0. The van der Waals surface area contributed by atoms with Crippen LogP contribution in [-0.2, 0) is 0 Å². The van der Waals surface area contributed by atoms with Gasteiger partial charge in [0, 0.05) is 27.6 Å². The van der Waals surface area contributed by atoms with Gasteiger partial charge in [-0.2, -0.15) is 21.0 Å². The molecule has 0 spiro atoms. The number of nitriles is 4. The Hall–Kier alpha value is -6.92. The van der Waals surface area contributed by atoms with Crippen LogP contribution < -0.4 is 0 Å². The van der Waals surface area contributed by atoms with Crippen molar-refractivity contribution in [2.75, 3.05) is 0 Å². The van der Waals surface area contributed by atoms with Gasteiger partial charge in [-0.1, -0.05) is 72.8 Å². The Balaban J connectivity index is 1.79. The predicted molar refractivity (Wildman–Crippen MR) is 176 cm³/mol. The minimum absolute atomic E-state index is 0.383. The van der Waals surface area contributed by atoms with E-state index in [1.807, 2.05) is 84.9 Å². The molecule has 5 heteroatoms. The number of nitrogens with zero attached hydrogens (tertiary/aromatic N) is 5. The predicted octanol–water partition coefficient (Wildman–Crippen LogP) is 9.27. The summed E-state index contributed by atoms with van der Waals surface area (Å²) in [6, 6.07) is 49.6. The molecule has 0 unspecified atom stereocenters. The Labute approximate surface area is 259 Å². The van der Waals surface area contributed by atoms with E-state index in [2.05, 4.69) is 34.9 Å². The quantitative estimate of drug-likeness (QED) is 0.210. The molecule has 206 valence electrons. The van der Waals surface area contributed by atoms with E-state index in [1.165, 1.54) is 0 Å². The summed E-state index contributed by atoms with van der Waals surface area (Å²) in [5.74, 6) is 0. The number of hydrogen-bond acceptors (Lipinski definition) is 4. The summed E-state index contributed by atoms with van der Waals surface area (Å²) in [7, 11) is 0. The van der Waals surface area contributed by atoms with Gasteiger partial charge in [0.15, 0.2) is 0 Å². The molecule has 5 nitrogen and oxygen atoms in total. The lowest BCUT2D eigenvalue weighted by atomic mass is 9.87. The summed E-state index contributed by atoms with van der Waals surface area (Å²) < 4.78 is 2.17. The van der Waals surface area contributed by atoms with Crippen molar-refractivity contribution in [2.24, 2.45) is 0 Å². The topological polar surface area (TPSA) is 100 Å². The number of para-hydroxylation sites is 1. The average Bonchev–Trinajstić information content (AvgIpc) is 3.45. The molecule has 0 N–H and O–H groups in total. The zero-order valence-corrected chi connectivity index (χ0v) is 23.9. The second kappa shape index (κ2) is 11.1. The van der Waals surface area contributed by atoms with E-state index in [9.17, 15) is 21.0 Å². The molecule has 0 radical (unpaired) electrons. The van der Waals surface area contributed by atoms with Gasteiger partial charge >= 0.3 is 0 Å². The fraction of sp³-hybridized carbons (Fsp3) is 0. The van der Waals surface area contributed by atoms with Gasteiger partial charge in [-0.05, 0) is 76.9 Å². The van der Waals surface area contributed by atoms with Crippen LogP contribution in [0.1, 0.15) is 22.3 Å². The van der Waals surface area contributed by atoms with Gasteiger partial charge in [-0.25, -0.2) is 0 Å². The van der Waals surface area contributed by atoms with Crippen molar-refractivity contribution in [3.63, 3.8) is 0 Å². The van der Waals surface area contributed by atoms with Crippen LogP contribution in [0, 0.1) is 45.3 Å². The smallest absolute Gasteiger partial charge is 0.0998 e. The average molecular weight is 572 g/mol. The van der Waals surface area contributed by atoms with E-state index in [1.54, 1.807) is 36.4 Å². The van der Waals surface area contributed by atoms with Crippen molar-refractivity contribution >= 4 is 21.8 Å². The van der Waals surface area contributed by atoms with Crippen LogP contribution >= 0.6 is 0 Å². The monoisotopic (exact) mass is 571 g/mol. The molecule has 0 saturated heterocycles. The van der Waals surface area contributed by atoms with E-state index in [0.717, 1.165) is 49.7 Å². The second-order valence-corrected chi connectivity index (χ2v) is 10.6. The molecule has 1 aromatic heterocycles. The highest BCUT2D eigenvalue weighted by Crippen LogP contribution is 2.47. The maximum absolute atomic E-state index is 10.3. The number of hydrogen-bond donors (Lipinski definition) is 0. The third kappa shape index (κ3) is 4.29. The van der Waals surface area contributed by atoms with E-state index >= 15 is 0 Å². The molecule has 0 fully saturated rings. The van der Waals surface area contributed by atoms with Crippen molar-refractivity contribution in [1.29, 1.82) is 21.0 Å². The molecule has 0 aliphatic heterocycles. The first-order valence-electron chi connectivity index (χ1n) is 14.3. The fourth-order valence-electron chi connectivity index (χ4n) is 6.30. The Morgan fingerprint density at radius 2 is 0.889 bits per heavy atom. The SMILES string of the molecule is N#Cc1cccc(C#N)c1-c1cccc2c1c1c(-c3c(C#N)cccc3C#N)cc(-c3ccccc3)cc1n2-c1ccccc1. The molecule has 0 aliphatic rings. The van der Waals surface area contributed by atoms with Gasteiger partial charge in [0.05, 0.1) is 57.6 Å². The van der Waals surface area contributed by atoms with E-state index in [4.69, 9.17) is 0 Å². The Morgan fingerprint density at radius 3 is 1.44 bits per heavy atom. The number of benzene rings is 6. The third-order valence-corrected chi connectivity index (χ3v) is 8.16. The molecule has 0 atom stereocenters. The van der Waals surface area contributed by atoms with E-state index in [0.29, 0.717) is 33.4 Å². The zero-order valence-electron chi connectivity index (χ0n) is 23.9. The van der Waals surface area contributed by atoms with Crippen LogP contribution in [0.3, 0.4) is 0 Å². The molecule has 7 rings (SSSR count). The third-order valence-electron chi connectivity index (χ3n) is 8.16. The van der Waals surface area contributed by atoms with E-state index in [-0.39, 0.29) is 0 Å². The highest BCUT2D eigenvalue weighted by atomic mass is 15.0. The van der Waals surface area contributed by atoms with Crippen molar-refractivity contribution in [3.8, 4) is 63.3 Å². The molecule has 1 heterocycles. The molecule has 7 aromatic rings. The standard InChI is InChI=1S/C40H21N5/c41-22-27-12-7-13-28(23-42)37(27)33-18-9-19-35-39(33)40-34(38-29(24-43)14-8-15-30(38)25-44)20-31(26-10-3-1-4-11-26)21-36(40)45(35)32-16-5-2-6-17-32/h1-21H. The van der Waals surface area contributed by atoms with Crippen molar-refractivity contribution in [2.45, 2.75) is 0 Å². The van der Waals surface area contributed by atoms with E-state index < -0.39 is 0 Å². The molecule has 0 saturated carbocycles. The summed E-state index contributed by atoms with van der Waals surface area (Å²) in [5.41, 5.74) is 8.65. The lowest BCUT2D eigenvalue weighted by Gasteiger charge is -2.14. The van der Waals surface area contributed by atoms with Gasteiger partial charge in [0.2, 0.25) is 0 Å². The Kier molecular flexibility index (Phi) is 6.62. The maximum atomic E-state index is 10.3. The normalized spacial score (nSPS) is 10.6. The van der Waals surface area contributed by atoms with Crippen molar-refractivity contribution < 1.29 is 0 Å². The van der Waals surface area contributed by atoms with Crippen LogP contribution in [0.2, 0.25) is 0 Å². The first-order chi connectivity index (χ1) is 22.2. The zero-order chi connectivity index (χ0) is 30.9. The van der Waals surface area contributed by atoms with Crippen LogP contribution in [0.4, 0.5) is 0 Å². The van der Waals surface area contributed by atoms with Crippen LogP contribution in [0.25, 0.3) is 60.9 Å². The van der Waals surface area contributed by atoms with Crippen molar-refractivity contribution in [3.05, 3.63) is 150 Å². The molecule has 6 aromatic carbocycles. The summed E-state index contributed by atoms with van der Waals surface area (Å²) in [6.07, 6.45) is 0. The fourth-order valence-corrected chi connectivity index (χ4v) is 6.30. The molecular weight excluding hydrogens is 550 g/mol. The number of aromatic nitrogens is 1. The number of fused-ring (bicyclic) bond motifs is 3. The van der Waals surface area contributed by atoms with Crippen LogP contribution in [0.15, 0.2) is 127 Å². The van der Waals surface area contributed by atoms with Crippen molar-refractivity contribution in [1.82, 2.24) is 4.57 Å². The number of rotatable bonds is 4. The lowest BCUT2D eigenvalue weighted by Crippen LogP contribution is -1.95.